The van der Waals surface area contributed by atoms with Gasteiger partial charge in [0.05, 0.1) is 35.6 Å². The van der Waals surface area contributed by atoms with E-state index < -0.39 is 34.6 Å². The van der Waals surface area contributed by atoms with Gasteiger partial charge in [0, 0.05) is 37.1 Å². The van der Waals surface area contributed by atoms with E-state index in [1.54, 1.807) is 32.3 Å². The van der Waals surface area contributed by atoms with Crippen molar-refractivity contribution < 1.29 is 27.5 Å². The van der Waals surface area contributed by atoms with E-state index in [1.165, 1.54) is 25.5 Å². The van der Waals surface area contributed by atoms with Gasteiger partial charge in [0.15, 0.2) is 0 Å². The zero-order valence-corrected chi connectivity index (χ0v) is 21.2. The molecule has 14 heteroatoms. The number of amides is 2. The highest BCUT2D eigenvalue weighted by Crippen LogP contribution is 2.35. The van der Waals surface area contributed by atoms with Crippen LogP contribution in [-0.2, 0) is 11.0 Å². The Morgan fingerprint density at radius 2 is 1.95 bits per heavy atom. The Kier molecular flexibility index (Phi) is 8.95. The van der Waals surface area contributed by atoms with Crippen molar-refractivity contribution in [3.63, 3.8) is 0 Å². The number of aromatic nitrogens is 3. The van der Waals surface area contributed by atoms with Gasteiger partial charge in [0.25, 0.3) is 5.91 Å². The summed E-state index contributed by atoms with van der Waals surface area (Å²) in [4.78, 5) is 41.1. The lowest BCUT2D eigenvalue weighted by atomic mass is 10.1. The quantitative estimate of drug-likeness (QED) is 0.308. The Morgan fingerprint density at radius 3 is 2.62 bits per heavy atom. The smallest absolute Gasteiger partial charge is 0.418 e. The van der Waals surface area contributed by atoms with Gasteiger partial charge in [-0.05, 0) is 25.1 Å². The summed E-state index contributed by atoms with van der Waals surface area (Å²) in [5.41, 5.74) is 0.119. The predicted octanol–water partition coefficient (Wildman–Crippen LogP) is 4.72. The Morgan fingerprint density at radius 1 is 1.19 bits per heavy atom. The van der Waals surface area contributed by atoms with E-state index in [9.17, 15) is 22.8 Å². The van der Waals surface area contributed by atoms with Crippen LogP contribution < -0.4 is 15.4 Å². The molecule has 3 aromatic heterocycles. The van der Waals surface area contributed by atoms with Gasteiger partial charge in [-0.3, -0.25) is 14.6 Å². The van der Waals surface area contributed by atoms with E-state index >= 15 is 0 Å². The number of hydrogen-bond acceptors (Lipinski definition) is 8. The summed E-state index contributed by atoms with van der Waals surface area (Å²) in [6.45, 7) is 1.67. The number of rotatable bonds is 8. The minimum absolute atomic E-state index is 0.115. The van der Waals surface area contributed by atoms with Crippen molar-refractivity contribution in [3.05, 3.63) is 75.0 Å². The molecule has 0 spiro atoms. The molecule has 1 unspecified atom stereocenters. The number of nitrogens with zero attached hydrogens (tertiary/aromatic N) is 4. The Labute approximate surface area is 218 Å². The average Bonchev–Trinajstić information content (AvgIpc) is 3.36. The van der Waals surface area contributed by atoms with E-state index in [1.807, 2.05) is 0 Å². The van der Waals surface area contributed by atoms with Gasteiger partial charge in [-0.15, -0.1) is 11.3 Å². The molecule has 2 amide bonds. The van der Waals surface area contributed by atoms with Crippen LogP contribution in [0.3, 0.4) is 0 Å². The van der Waals surface area contributed by atoms with Crippen LogP contribution in [0, 0.1) is 0 Å². The first-order valence-corrected chi connectivity index (χ1v) is 11.7. The first-order chi connectivity index (χ1) is 17.5. The molecule has 0 aliphatic heterocycles. The largest absolute Gasteiger partial charge is 0.481 e. The average molecular weight is 553 g/mol. The number of anilines is 1. The van der Waals surface area contributed by atoms with Gasteiger partial charge in [0.2, 0.25) is 11.8 Å². The fourth-order valence-electron chi connectivity index (χ4n) is 2.95. The van der Waals surface area contributed by atoms with Crippen LogP contribution in [0.2, 0.25) is 5.02 Å². The highest BCUT2D eigenvalue weighted by Gasteiger charge is 2.34. The standard InChI is InChI=1S/C23H20ClF3N6O3S/c1-12(32-19(34)5-4-16(28-2)13-6-7-29-20(8-13)36-3)22-31-11-17(37-22)21(35)33-18-9-14(23(25,26)27)15(24)10-30-18/h4-12H,1-3H3,(H,32,34)(H,30,33,35)/b5-4+,28-16?. The second-order valence-corrected chi connectivity index (χ2v) is 8.79. The molecule has 0 saturated carbocycles. The van der Waals surface area contributed by atoms with Crippen LogP contribution in [0.25, 0.3) is 0 Å². The number of hydrogen-bond donors (Lipinski definition) is 2. The van der Waals surface area contributed by atoms with Crippen LogP contribution in [0.1, 0.15) is 38.8 Å². The number of allylic oxidation sites excluding steroid dienone is 1. The third-order valence-corrected chi connectivity index (χ3v) is 6.23. The Balaban J connectivity index is 1.63. The predicted molar refractivity (Wildman–Crippen MR) is 133 cm³/mol. The fourth-order valence-corrected chi connectivity index (χ4v) is 3.98. The summed E-state index contributed by atoms with van der Waals surface area (Å²) in [6, 6.07) is 3.49. The zero-order chi connectivity index (χ0) is 27.2. The summed E-state index contributed by atoms with van der Waals surface area (Å²) in [5, 5.41) is 4.85. The van der Waals surface area contributed by atoms with Gasteiger partial charge >= 0.3 is 6.18 Å². The summed E-state index contributed by atoms with van der Waals surface area (Å²) in [6.07, 6.45) is 1.76. The van der Waals surface area contributed by atoms with E-state index in [0.717, 1.165) is 17.5 Å². The third kappa shape index (κ3) is 7.33. The molecule has 2 N–H and O–H groups in total. The summed E-state index contributed by atoms with van der Waals surface area (Å²) >= 11 is 6.52. The van der Waals surface area contributed by atoms with Crippen LogP contribution in [0.5, 0.6) is 5.88 Å². The van der Waals surface area contributed by atoms with E-state index in [4.69, 9.17) is 16.3 Å². The summed E-state index contributed by atoms with van der Waals surface area (Å²) < 4.78 is 44.2. The molecular formula is C23H20ClF3N6O3S. The number of carbonyl (C=O) groups excluding carboxylic acids is 2. The molecule has 194 valence electrons. The van der Waals surface area contributed by atoms with Crippen molar-refractivity contribution in [2.75, 3.05) is 19.5 Å². The van der Waals surface area contributed by atoms with Gasteiger partial charge < -0.3 is 15.4 Å². The molecule has 1 atom stereocenters. The number of alkyl halides is 3. The van der Waals surface area contributed by atoms with Gasteiger partial charge in [-0.2, -0.15) is 13.2 Å². The maximum absolute atomic E-state index is 13.0. The van der Waals surface area contributed by atoms with E-state index in [0.29, 0.717) is 28.2 Å². The zero-order valence-electron chi connectivity index (χ0n) is 19.6. The van der Waals surface area contributed by atoms with Crippen LogP contribution in [0.15, 0.2) is 53.9 Å². The molecule has 0 aliphatic rings. The molecule has 9 nitrogen and oxygen atoms in total. The number of pyridine rings is 2. The normalized spacial score (nSPS) is 12.9. The molecule has 3 aromatic rings. The lowest BCUT2D eigenvalue weighted by molar-refractivity contribution is -0.137. The number of halogens is 4. The third-order valence-electron chi connectivity index (χ3n) is 4.75. The molecular weight excluding hydrogens is 533 g/mol. The van der Waals surface area contributed by atoms with Gasteiger partial charge in [-0.25, -0.2) is 15.0 Å². The minimum Gasteiger partial charge on any atom is -0.481 e. The SMILES string of the molecule is CN=C(/C=C/C(=O)NC(C)c1ncc(C(=O)Nc2cc(C(F)(F)F)c(Cl)cn2)s1)c1ccnc(OC)c1. The van der Waals surface area contributed by atoms with Crippen molar-refractivity contribution in [2.45, 2.75) is 19.1 Å². The molecule has 0 aliphatic carbocycles. The lowest BCUT2D eigenvalue weighted by Crippen LogP contribution is -2.24. The highest BCUT2D eigenvalue weighted by molar-refractivity contribution is 7.13. The number of aliphatic imine (C=N–C) groups is 1. The van der Waals surface area contributed by atoms with Crippen molar-refractivity contribution in [1.29, 1.82) is 0 Å². The molecule has 3 heterocycles. The maximum atomic E-state index is 13.0. The van der Waals surface area contributed by atoms with Gasteiger partial charge in [-0.1, -0.05) is 11.6 Å². The topological polar surface area (TPSA) is 118 Å². The Bertz CT molecular complexity index is 1360. The molecule has 0 saturated heterocycles. The minimum atomic E-state index is -4.70. The molecule has 3 rings (SSSR count). The summed E-state index contributed by atoms with van der Waals surface area (Å²) in [7, 11) is 3.07. The molecule has 0 fully saturated rings. The first kappa shape index (κ1) is 27.7. The lowest BCUT2D eigenvalue weighted by Gasteiger charge is -2.10. The molecule has 0 bridgehead atoms. The number of methoxy groups -OCH3 is 1. The van der Waals surface area contributed by atoms with E-state index in [-0.39, 0.29) is 10.7 Å². The number of thiazole rings is 1. The number of ether oxygens (including phenoxy) is 1. The molecule has 0 aromatic carbocycles. The van der Waals surface area contributed by atoms with Crippen molar-refractivity contribution in [3.8, 4) is 5.88 Å². The highest BCUT2D eigenvalue weighted by atomic mass is 35.5. The summed E-state index contributed by atoms with van der Waals surface area (Å²) in [5.74, 6) is -1.05. The molecule has 0 radical (unpaired) electrons. The van der Waals surface area contributed by atoms with Crippen molar-refractivity contribution in [1.82, 2.24) is 20.3 Å². The Hall–Kier alpha value is -3.84. The number of nitrogens with one attached hydrogen (secondary N) is 2. The second kappa shape index (κ2) is 11.9. The monoisotopic (exact) mass is 552 g/mol. The van der Waals surface area contributed by atoms with Crippen molar-refractivity contribution >= 4 is 46.3 Å². The maximum Gasteiger partial charge on any atom is 0.418 e. The van der Waals surface area contributed by atoms with Crippen LogP contribution in [0.4, 0.5) is 19.0 Å². The number of carbonyl (C=O) groups is 2. The molecule has 37 heavy (non-hydrogen) atoms. The van der Waals surface area contributed by atoms with Crippen molar-refractivity contribution in [2.24, 2.45) is 4.99 Å². The van der Waals surface area contributed by atoms with E-state index in [2.05, 4.69) is 30.6 Å². The first-order valence-electron chi connectivity index (χ1n) is 10.5. The van der Waals surface area contributed by atoms with Crippen LogP contribution >= 0.6 is 22.9 Å². The van der Waals surface area contributed by atoms with Gasteiger partial charge in [0.1, 0.15) is 15.7 Å². The second-order valence-electron chi connectivity index (χ2n) is 7.32. The van der Waals surface area contributed by atoms with Crippen LogP contribution in [-0.4, -0.2) is 46.6 Å². The fraction of sp³-hybridized carbons (Fsp3) is 0.217.